The first-order valence-electron chi connectivity index (χ1n) is 6.49. The van der Waals surface area contributed by atoms with Gasteiger partial charge in [-0.25, -0.2) is 4.79 Å². The lowest BCUT2D eigenvalue weighted by Gasteiger charge is -2.10. The Morgan fingerprint density at radius 1 is 1.42 bits per heavy atom. The van der Waals surface area contributed by atoms with Gasteiger partial charge in [0.2, 0.25) is 0 Å². The lowest BCUT2D eigenvalue weighted by atomic mass is 10.1. The largest absolute Gasteiger partial charge is 0.478 e. The molecule has 0 aliphatic heterocycles. The lowest BCUT2D eigenvalue weighted by molar-refractivity contribution is 0.0697. The maximum absolute atomic E-state index is 10.8. The first-order valence-corrected chi connectivity index (χ1v) is 6.49. The molecule has 0 heterocycles. The second-order valence-electron chi connectivity index (χ2n) is 4.66. The van der Waals surface area contributed by atoms with E-state index in [1.807, 2.05) is 13.8 Å². The minimum absolute atomic E-state index is 0.135. The molecule has 0 saturated heterocycles. The SMILES string of the molecule is CC(C)OCCCCNc1ccc(C(=O)O)c(N)c1. The summed E-state index contributed by atoms with van der Waals surface area (Å²) in [5.41, 5.74) is 6.92. The highest BCUT2D eigenvalue weighted by Gasteiger charge is 2.07. The molecule has 106 valence electrons. The molecule has 0 aliphatic carbocycles. The van der Waals surface area contributed by atoms with Crippen LogP contribution in [-0.2, 0) is 4.74 Å². The van der Waals surface area contributed by atoms with Crippen molar-refractivity contribution < 1.29 is 14.6 Å². The van der Waals surface area contributed by atoms with E-state index in [0.29, 0.717) is 0 Å². The van der Waals surface area contributed by atoms with Gasteiger partial charge in [-0.05, 0) is 44.9 Å². The second kappa shape index (κ2) is 7.63. The van der Waals surface area contributed by atoms with Crippen molar-refractivity contribution in [1.82, 2.24) is 0 Å². The van der Waals surface area contributed by atoms with Gasteiger partial charge in [-0.1, -0.05) is 0 Å². The third-order valence-corrected chi connectivity index (χ3v) is 2.63. The number of carbonyl (C=O) groups is 1. The predicted octanol–water partition coefficient (Wildman–Crippen LogP) is 2.58. The van der Waals surface area contributed by atoms with E-state index in [1.165, 1.54) is 6.07 Å². The summed E-state index contributed by atoms with van der Waals surface area (Å²) in [6, 6.07) is 4.89. The fourth-order valence-corrected chi connectivity index (χ4v) is 1.65. The Morgan fingerprint density at radius 2 is 2.16 bits per heavy atom. The molecule has 0 bridgehead atoms. The third-order valence-electron chi connectivity index (χ3n) is 2.63. The number of unbranched alkanes of at least 4 members (excludes halogenated alkanes) is 1. The highest BCUT2D eigenvalue weighted by Crippen LogP contribution is 2.18. The van der Waals surface area contributed by atoms with Gasteiger partial charge in [-0.2, -0.15) is 0 Å². The number of ether oxygens (including phenoxy) is 1. The maximum atomic E-state index is 10.8. The Bertz CT molecular complexity index is 419. The van der Waals surface area contributed by atoms with Crippen molar-refractivity contribution in [3.63, 3.8) is 0 Å². The average molecular weight is 266 g/mol. The number of nitrogens with one attached hydrogen (secondary N) is 1. The number of benzene rings is 1. The summed E-state index contributed by atoms with van der Waals surface area (Å²) in [4.78, 5) is 10.8. The predicted molar refractivity (Wildman–Crippen MR) is 76.6 cm³/mol. The molecular weight excluding hydrogens is 244 g/mol. The third kappa shape index (κ3) is 5.61. The van der Waals surface area contributed by atoms with E-state index in [9.17, 15) is 4.79 Å². The number of anilines is 2. The minimum atomic E-state index is -1.00. The maximum Gasteiger partial charge on any atom is 0.337 e. The van der Waals surface area contributed by atoms with Gasteiger partial charge in [0.1, 0.15) is 0 Å². The zero-order valence-corrected chi connectivity index (χ0v) is 11.5. The minimum Gasteiger partial charge on any atom is -0.478 e. The summed E-state index contributed by atoms with van der Waals surface area (Å²) in [5, 5.41) is 12.1. The highest BCUT2D eigenvalue weighted by molar-refractivity contribution is 5.94. The number of hydrogen-bond donors (Lipinski definition) is 3. The summed E-state index contributed by atoms with van der Waals surface area (Å²) in [7, 11) is 0. The van der Waals surface area contributed by atoms with Crippen molar-refractivity contribution in [2.45, 2.75) is 32.8 Å². The Kier molecular flexibility index (Phi) is 6.15. The van der Waals surface area contributed by atoms with E-state index in [2.05, 4.69) is 5.32 Å². The molecule has 1 aromatic carbocycles. The molecule has 5 nitrogen and oxygen atoms in total. The van der Waals surface area contributed by atoms with Crippen LogP contribution in [0.1, 0.15) is 37.0 Å². The Balaban J connectivity index is 2.30. The quantitative estimate of drug-likeness (QED) is 0.497. The van der Waals surface area contributed by atoms with E-state index in [4.69, 9.17) is 15.6 Å². The molecule has 1 rings (SSSR count). The van der Waals surface area contributed by atoms with Crippen molar-refractivity contribution in [2.75, 3.05) is 24.2 Å². The zero-order valence-electron chi connectivity index (χ0n) is 11.5. The van der Waals surface area contributed by atoms with Crippen LogP contribution in [0.5, 0.6) is 0 Å². The van der Waals surface area contributed by atoms with Crippen LogP contribution >= 0.6 is 0 Å². The zero-order chi connectivity index (χ0) is 14.3. The van der Waals surface area contributed by atoms with Crippen LogP contribution in [0, 0.1) is 0 Å². The topological polar surface area (TPSA) is 84.6 Å². The van der Waals surface area contributed by atoms with Gasteiger partial charge in [-0.15, -0.1) is 0 Å². The van der Waals surface area contributed by atoms with Crippen LogP contribution < -0.4 is 11.1 Å². The van der Waals surface area contributed by atoms with Gasteiger partial charge in [-0.3, -0.25) is 0 Å². The first kappa shape index (κ1) is 15.3. The second-order valence-corrected chi connectivity index (χ2v) is 4.66. The molecule has 1 aromatic rings. The van der Waals surface area contributed by atoms with Crippen molar-refractivity contribution in [1.29, 1.82) is 0 Å². The van der Waals surface area contributed by atoms with Crippen LogP contribution in [0.2, 0.25) is 0 Å². The van der Waals surface area contributed by atoms with Crippen LogP contribution in [0.15, 0.2) is 18.2 Å². The molecule has 0 fully saturated rings. The highest BCUT2D eigenvalue weighted by atomic mass is 16.5. The lowest BCUT2D eigenvalue weighted by Crippen LogP contribution is -2.08. The van der Waals surface area contributed by atoms with E-state index in [0.717, 1.165) is 31.7 Å². The summed E-state index contributed by atoms with van der Waals surface area (Å²) >= 11 is 0. The number of carboxylic acid groups (broad SMARTS) is 1. The molecule has 0 saturated carbocycles. The van der Waals surface area contributed by atoms with Crippen molar-refractivity contribution in [3.8, 4) is 0 Å². The van der Waals surface area contributed by atoms with Gasteiger partial charge in [0.25, 0.3) is 0 Å². The standard InChI is InChI=1S/C14H22N2O3/c1-10(2)19-8-4-3-7-16-11-5-6-12(14(17)18)13(15)9-11/h5-6,9-10,16H,3-4,7-8,15H2,1-2H3,(H,17,18). The van der Waals surface area contributed by atoms with Crippen LogP contribution in [0.4, 0.5) is 11.4 Å². The summed E-state index contributed by atoms with van der Waals surface area (Å²) < 4.78 is 5.44. The van der Waals surface area contributed by atoms with Crippen LogP contribution in [0.25, 0.3) is 0 Å². The fraction of sp³-hybridized carbons (Fsp3) is 0.500. The normalized spacial score (nSPS) is 10.7. The molecule has 0 radical (unpaired) electrons. The average Bonchev–Trinajstić information content (AvgIpc) is 2.32. The molecule has 19 heavy (non-hydrogen) atoms. The summed E-state index contributed by atoms with van der Waals surface area (Å²) in [6.45, 7) is 5.61. The molecule has 0 spiro atoms. The van der Waals surface area contributed by atoms with E-state index >= 15 is 0 Å². The molecule has 0 unspecified atom stereocenters. The number of nitrogen functional groups attached to an aromatic ring is 1. The monoisotopic (exact) mass is 266 g/mol. The number of nitrogens with two attached hydrogens (primary N) is 1. The van der Waals surface area contributed by atoms with Crippen molar-refractivity contribution in [2.24, 2.45) is 0 Å². The number of carboxylic acids is 1. The van der Waals surface area contributed by atoms with E-state index in [1.54, 1.807) is 12.1 Å². The van der Waals surface area contributed by atoms with Gasteiger partial charge < -0.3 is 20.9 Å². The van der Waals surface area contributed by atoms with Gasteiger partial charge in [0, 0.05) is 24.5 Å². The Morgan fingerprint density at radius 3 is 2.74 bits per heavy atom. The molecule has 0 aliphatic rings. The Hall–Kier alpha value is -1.75. The van der Waals surface area contributed by atoms with Gasteiger partial charge in [0.05, 0.1) is 11.7 Å². The fourth-order valence-electron chi connectivity index (χ4n) is 1.65. The smallest absolute Gasteiger partial charge is 0.337 e. The van der Waals surface area contributed by atoms with Crippen molar-refractivity contribution >= 4 is 17.3 Å². The van der Waals surface area contributed by atoms with E-state index < -0.39 is 5.97 Å². The number of rotatable bonds is 8. The number of hydrogen-bond acceptors (Lipinski definition) is 4. The van der Waals surface area contributed by atoms with Crippen LogP contribution in [-0.4, -0.2) is 30.3 Å². The van der Waals surface area contributed by atoms with Gasteiger partial charge in [0.15, 0.2) is 0 Å². The van der Waals surface area contributed by atoms with Crippen molar-refractivity contribution in [3.05, 3.63) is 23.8 Å². The molecule has 0 aromatic heterocycles. The van der Waals surface area contributed by atoms with Crippen LogP contribution in [0.3, 0.4) is 0 Å². The molecule has 4 N–H and O–H groups in total. The van der Waals surface area contributed by atoms with Gasteiger partial charge >= 0.3 is 5.97 Å². The summed E-state index contributed by atoms with van der Waals surface area (Å²) in [5.74, 6) is -1.00. The molecule has 0 amide bonds. The van der Waals surface area contributed by atoms with E-state index in [-0.39, 0.29) is 17.4 Å². The summed E-state index contributed by atoms with van der Waals surface area (Å²) in [6.07, 6.45) is 2.26. The Labute approximate surface area is 113 Å². The molecule has 5 heteroatoms. The first-order chi connectivity index (χ1) is 9.00. The number of aromatic carboxylic acids is 1. The molecule has 0 atom stereocenters. The molecular formula is C14H22N2O3.